The first-order valence-corrected chi connectivity index (χ1v) is 2.50. The van der Waals surface area contributed by atoms with Crippen molar-refractivity contribution in [3.63, 3.8) is 0 Å². The van der Waals surface area contributed by atoms with Crippen LogP contribution in [-0.2, 0) is 0 Å². The summed E-state index contributed by atoms with van der Waals surface area (Å²) in [6, 6.07) is 0. The summed E-state index contributed by atoms with van der Waals surface area (Å²) in [6.45, 7) is 3.00. The molecule has 4 heteroatoms. The Bertz CT molecular complexity index is 76.8. The Balaban J connectivity index is 3.28. The quantitative estimate of drug-likeness (QED) is 0.618. The van der Waals surface area contributed by atoms with Crippen LogP contribution >= 0.6 is 0 Å². The van der Waals surface area contributed by atoms with Crippen LogP contribution in [0.4, 0.5) is 13.2 Å². The molecule has 0 rings (SSSR count). The van der Waals surface area contributed by atoms with Gasteiger partial charge in [0.15, 0.2) is 0 Å². The van der Waals surface area contributed by atoms with E-state index in [-0.39, 0.29) is 6.42 Å². The normalized spacial score (nSPS) is 15.7. The number of rotatable bonds is 2. The Kier molecular flexibility index (Phi) is 2.97. The predicted octanol–water partition coefficient (Wildman–Crippen LogP) is 1.52. The van der Waals surface area contributed by atoms with Crippen molar-refractivity contribution in [2.45, 2.75) is 25.1 Å². The molecule has 0 spiro atoms. The number of aliphatic hydroxyl groups excluding tert-OH is 1. The molecule has 0 fully saturated rings. The monoisotopic (exact) mass is 141 g/mol. The number of hydrogen-bond acceptors (Lipinski definition) is 1. The minimum atomic E-state index is -4.17. The summed E-state index contributed by atoms with van der Waals surface area (Å²) in [5.41, 5.74) is 0. The maximum absolute atomic E-state index is 11.3. The van der Waals surface area contributed by atoms with Crippen LogP contribution in [0.15, 0.2) is 0 Å². The van der Waals surface area contributed by atoms with Crippen LogP contribution in [-0.4, -0.2) is 17.4 Å². The molecule has 0 aromatic rings. The zero-order valence-corrected chi connectivity index (χ0v) is 4.78. The summed E-state index contributed by atoms with van der Waals surface area (Å²) < 4.78 is 33.8. The fraction of sp³-hybridized carbons (Fsp3) is 0.800. The van der Waals surface area contributed by atoms with Crippen LogP contribution in [0.3, 0.4) is 0 Å². The summed E-state index contributed by atoms with van der Waals surface area (Å²) in [5, 5.41) is 8.30. The third-order valence-electron chi connectivity index (χ3n) is 0.761. The summed E-state index contributed by atoms with van der Waals surface area (Å²) in [5.74, 6) is 0. The summed E-state index contributed by atoms with van der Waals surface area (Å²) in [6.07, 6.45) is -6.55. The van der Waals surface area contributed by atoms with E-state index >= 15 is 0 Å². The highest BCUT2D eigenvalue weighted by molar-refractivity contribution is 4.60. The number of aliphatic hydroxyl groups is 1. The highest BCUT2D eigenvalue weighted by Gasteiger charge is 2.26. The fourth-order valence-corrected chi connectivity index (χ4v) is 0.330. The lowest BCUT2D eigenvalue weighted by Crippen LogP contribution is -2.11. The molecule has 1 atom stereocenters. The van der Waals surface area contributed by atoms with Gasteiger partial charge in [-0.1, -0.05) is 0 Å². The zero-order valence-electron chi connectivity index (χ0n) is 4.78. The van der Waals surface area contributed by atoms with Crippen molar-refractivity contribution in [2.24, 2.45) is 0 Å². The summed E-state index contributed by atoms with van der Waals surface area (Å²) in [7, 11) is 0. The van der Waals surface area contributed by atoms with E-state index in [1.165, 1.54) is 0 Å². The molecule has 0 amide bonds. The molecule has 0 aliphatic carbocycles. The maximum Gasteiger partial charge on any atom is 0.389 e. The van der Waals surface area contributed by atoms with Gasteiger partial charge in [-0.05, 0) is 13.3 Å². The van der Waals surface area contributed by atoms with Gasteiger partial charge in [-0.2, -0.15) is 13.2 Å². The van der Waals surface area contributed by atoms with Gasteiger partial charge in [0.25, 0.3) is 0 Å². The Labute approximate surface area is 51.5 Å². The third-order valence-corrected chi connectivity index (χ3v) is 0.761. The van der Waals surface area contributed by atoms with Crippen LogP contribution in [0.25, 0.3) is 0 Å². The van der Waals surface area contributed by atoms with Crippen molar-refractivity contribution in [1.82, 2.24) is 0 Å². The van der Waals surface area contributed by atoms with Gasteiger partial charge in [0.2, 0.25) is 0 Å². The standard InChI is InChI=1S/C5H8F3O/c1-4(9)2-3-5(6,7)8/h4,9H,1-3H2. The van der Waals surface area contributed by atoms with Gasteiger partial charge < -0.3 is 5.11 Å². The average Bonchev–Trinajstić information content (AvgIpc) is 1.59. The molecule has 0 heterocycles. The van der Waals surface area contributed by atoms with E-state index in [1.807, 2.05) is 0 Å². The van der Waals surface area contributed by atoms with E-state index in [9.17, 15) is 13.2 Å². The van der Waals surface area contributed by atoms with Crippen molar-refractivity contribution < 1.29 is 18.3 Å². The molecular weight excluding hydrogens is 133 g/mol. The van der Waals surface area contributed by atoms with Gasteiger partial charge in [-0.15, -0.1) is 0 Å². The van der Waals surface area contributed by atoms with Crippen molar-refractivity contribution in [1.29, 1.82) is 0 Å². The second-order valence-electron chi connectivity index (χ2n) is 1.81. The Hall–Kier alpha value is -0.250. The van der Waals surface area contributed by atoms with E-state index in [0.29, 0.717) is 0 Å². The van der Waals surface area contributed by atoms with Crippen LogP contribution in [0.2, 0.25) is 0 Å². The molecule has 0 aliphatic heterocycles. The fourth-order valence-electron chi connectivity index (χ4n) is 0.330. The molecule has 1 nitrogen and oxygen atoms in total. The molecule has 0 saturated heterocycles. The lowest BCUT2D eigenvalue weighted by molar-refractivity contribution is -0.138. The van der Waals surface area contributed by atoms with Crippen LogP contribution in [0.1, 0.15) is 12.8 Å². The second-order valence-corrected chi connectivity index (χ2v) is 1.81. The molecule has 0 bridgehead atoms. The Morgan fingerprint density at radius 2 is 1.89 bits per heavy atom. The molecule has 55 valence electrons. The van der Waals surface area contributed by atoms with E-state index in [4.69, 9.17) is 5.11 Å². The Morgan fingerprint density at radius 3 is 2.00 bits per heavy atom. The lowest BCUT2D eigenvalue weighted by atomic mass is 10.2. The smallest absolute Gasteiger partial charge is 0.389 e. The van der Waals surface area contributed by atoms with Crippen molar-refractivity contribution in [3.8, 4) is 0 Å². The van der Waals surface area contributed by atoms with Crippen LogP contribution in [0.5, 0.6) is 0 Å². The van der Waals surface area contributed by atoms with E-state index < -0.39 is 18.7 Å². The molecule has 1 N–H and O–H groups in total. The SMILES string of the molecule is [CH2]C(O)CCC(F)(F)F. The minimum absolute atomic E-state index is 0.316. The Morgan fingerprint density at radius 1 is 1.44 bits per heavy atom. The zero-order chi connectivity index (χ0) is 7.49. The average molecular weight is 141 g/mol. The van der Waals surface area contributed by atoms with Crippen LogP contribution < -0.4 is 0 Å². The first kappa shape index (κ1) is 8.75. The molecule has 0 aromatic heterocycles. The maximum atomic E-state index is 11.3. The predicted molar refractivity (Wildman–Crippen MR) is 26.7 cm³/mol. The number of hydrogen-bond donors (Lipinski definition) is 1. The largest absolute Gasteiger partial charge is 0.393 e. The van der Waals surface area contributed by atoms with Crippen molar-refractivity contribution >= 4 is 0 Å². The van der Waals surface area contributed by atoms with Gasteiger partial charge in [0.05, 0.1) is 6.10 Å². The van der Waals surface area contributed by atoms with E-state index in [2.05, 4.69) is 6.92 Å². The van der Waals surface area contributed by atoms with E-state index in [1.54, 1.807) is 0 Å². The summed E-state index contributed by atoms with van der Waals surface area (Å²) in [4.78, 5) is 0. The number of alkyl halides is 3. The topological polar surface area (TPSA) is 20.2 Å². The van der Waals surface area contributed by atoms with Crippen molar-refractivity contribution in [3.05, 3.63) is 6.92 Å². The summed E-state index contributed by atoms with van der Waals surface area (Å²) >= 11 is 0. The molecular formula is C5H8F3O. The van der Waals surface area contributed by atoms with Gasteiger partial charge in [-0.3, -0.25) is 0 Å². The minimum Gasteiger partial charge on any atom is -0.393 e. The van der Waals surface area contributed by atoms with Crippen molar-refractivity contribution in [2.75, 3.05) is 0 Å². The first-order valence-electron chi connectivity index (χ1n) is 2.50. The lowest BCUT2D eigenvalue weighted by Gasteiger charge is -2.06. The van der Waals surface area contributed by atoms with Gasteiger partial charge >= 0.3 is 6.18 Å². The second kappa shape index (κ2) is 3.06. The first-order chi connectivity index (χ1) is 3.92. The molecule has 0 aliphatic rings. The van der Waals surface area contributed by atoms with Gasteiger partial charge in [0.1, 0.15) is 0 Å². The molecule has 0 saturated carbocycles. The van der Waals surface area contributed by atoms with Gasteiger partial charge in [0, 0.05) is 6.42 Å². The highest BCUT2D eigenvalue weighted by atomic mass is 19.4. The number of halogens is 3. The van der Waals surface area contributed by atoms with Crippen LogP contribution in [0, 0.1) is 6.92 Å². The molecule has 0 aromatic carbocycles. The third kappa shape index (κ3) is 7.75. The van der Waals surface area contributed by atoms with Gasteiger partial charge in [-0.25, -0.2) is 0 Å². The molecule has 1 unspecified atom stereocenters. The molecule has 1 radical (unpaired) electrons. The molecule has 9 heavy (non-hydrogen) atoms. The highest BCUT2D eigenvalue weighted by Crippen LogP contribution is 2.21. The van der Waals surface area contributed by atoms with E-state index in [0.717, 1.165) is 0 Å².